The van der Waals surface area contributed by atoms with Crippen molar-refractivity contribution in [3.63, 3.8) is 0 Å². The monoisotopic (exact) mass is 223 g/mol. The molecule has 0 radical (unpaired) electrons. The molecule has 0 aromatic carbocycles. The first kappa shape index (κ1) is 12.9. The second-order valence-corrected chi connectivity index (χ2v) is 3.56. The van der Waals surface area contributed by atoms with Crippen molar-refractivity contribution in [1.29, 1.82) is 0 Å². The second kappa shape index (κ2) is 7.19. The molecular formula is C12H21N3O. The molecular weight excluding hydrogens is 202 g/mol. The van der Waals surface area contributed by atoms with Gasteiger partial charge in [0.1, 0.15) is 12.4 Å². The van der Waals surface area contributed by atoms with E-state index in [1.165, 1.54) is 0 Å². The minimum Gasteiger partial charge on any atom is -0.490 e. The van der Waals surface area contributed by atoms with E-state index in [9.17, 15) is 0 Å². The van der Waals surface area contributed by atoms with Crippen LogP contribution in [0.15, 0.2) is 18.5 Å². The molecule has 0 aliphatic carbocycles. The molecule has 90 valence electrons. The van der Waals surface area contributed by atoms with Crippen LogP contribution < -0.4 is 10.5 Å². The molecule has 0 spiro atoms. The number of hydrogen-bond acceptors (Lipinski definition) is 4. The molecule has 0 aliphatic heterocycles. The van der Waals surface area contributed by atoms with E-state index in [1.54, 1.807) is 12.4 Å². The number of nitrogens with zero attached hydrogens (tertiary/aromatic N) is 2. The quantitative estimate of drug-likeness (QED) is 0.756. The number of ether oxygens (including phenoxy) is 1. The molecule has 0 bridgehead atoms. The standard InChI is InChI=1S/C12H21N3O/c1-3-15(4-2)7-8-16-12-10-14-6-5-11(12)9-13/h5-6,10H,3-4,7-9,13H2,1-2H3. The van der Waals surface area contributed by atoms with Gasteiger partial charge in [-0.05, 0) is 19.2 Å². The van der Waals surface area contributed by atoms with Crippen LogP contribution in [0.1, 0.15) is 19.4 Å². The first-order valence-electron chi connectivity index (χ1n) is 5.79. The average molecular weight is 223 g/mol. The third kappa shape index (κ3) is 3.79. The summed E-state index contributed by atoms with van der Waals surface area (Å²) in [4.78, 5) is 6.36. The molecule has 0 atom stereocenters. The molecule has 0 fully saturated rings. The fourth-order valence-corrected chi connectivity index (χ4v) is 1.53. The number of likely N-dealkylation sites (N-methyl/N-ethyl adjacent to an activating group) is 1. The van der Waals surface area contributed by atoms with Crippen molar-refractivity contribution in [3.05, 3.63) is 24.0 Å². The van der Waals surface area contributed by atoms with Crippen molar-refractivity contribution in [2.24, 2.45) is 5.73 Å². The zero-order valence-corrected chi connectivity index (χ0v) is 10.1. The van der Waals surface area contributed by atoms with Gasteiger partial charge in [0, 0.05) is 24.8 Å². The average Bonchev–Trinajstić information content (AvgIpc) is 2.35. The highest BCUT2D eigenvalue weighted by molar-refractivity contribution is 5.29. The predicted octanol–water partition coefficient (Wildman–Crippen LogP) is 1.26. The highest BCUT2D eigenvalue weighted by Gasteiger charge is 2.03. The van der Waals surface area contributed by atoms with Gasteiger partial charge in [-0.3, -0.25) is 4.98 Å². The lowest BCUT2D eigenvalue weighted by molar-refractivity contribution is 0.221. The third-order valence-electron chi connectivity index (χ3n) is 2.65. The summed E-state index contributed by atoms with van der Waals surface area (Å²) in [6, 6.07) is 1.90. The topological polar surface area (TPSA) is 51.4 Å². The maximum Gasteiger partial charge on any atom is 0.142 e. The molecule has 1 rings (SSSR count). The van der Waals surface area contributed by atoms with Crippen molar-refractivity contribution in [2.45, 2.75) is 20.4 Å². The number of hydrogen-bond donors (Lipinski definition) is 1. The van der Waals surface area contributed by atoms with Crippen LogP contribution in [0.3, 0.4) is 0 Å². The van der Waals surface area contributed by atoms with Gasteiger partial charge < -0.3 is 15.4 Å². The summed E-state index contributed by atoms with van der Waals surface area (Å²) >= 11 is 0. The summed E-state index contributed by atoms with van der Waals surface area (Å²) in [5, 5.41) is 0. The van der Waals surface area contributed by atoms with Crippen LogP contribution in [-0.2, 0) is 6.54 Å². The van der Waals surface area contributed by atoms with Crippen molar-refractivity contribution in [3.8, 4) is 5.75 Å². The molecule has 4 nitrogen and oxygen atoms in total. The minimum absolute atomic E-state index is 0.489. The van der Waals surface area contributed by atoms with Gasteiger partial charge in [-0.1, -0.05) is 13.8 Å². The van der Waals surface area contributed by atoms with Gasteiger partial charge in [-0.15, -0.1) is 0 Å². The number of rotatable bonds is 7. The Morgan fingerprint density at radius 1 is 1.38 bits per heavy atom. The zero-order chi connectivity index (χ0) is 11.8. The van der Waals surface area contributed by atoms with Crippen LogP contribution in [0.2, 0.25) is 0 Å². The van der Waals surface area contributed by atoms with E-state index in [0.717, 1.165) is 30.9 Å². The molecule has 4 heteroatoms. The summed E-state index contributed by atoms with van der Waals surface area (Å²) in [6.07, 6.45) is 3.46. The van der Waals surface area contributed by atoms with Crippen LogP contribution >= 0.6 is 0 Å². The maximum atomic E-state index is 5.68. The molecule has 1 aromatic heterocycles. The SMILES string of the molecule is CCN(CC)CCOc1cnccc1CN. The van der Waals surface area contributed by atoms with Gasteiger partial charge in [-0.2, -0.15) is 0 Å². The second-order valence-electron chi connectivity index (χ2n) is 3.56. The Balaban J connectivity index is 2.42. The number of pyridine rings is 1. The Morgan fingerprint density at radius 2 is 2.12 bits per heavy atom. The number of nitrogens with two attached hydrogens (primary N) is 1. The molecule has 16 heavy (non-hydrogen) atoms. The van der Waals surface area contributed by atoms with Crippen molar-refractivity contribution in [2.75, 3.05) is 26.2 Å². The molecule has 0 saturated carbocycles. The number of aromatic nitrogens is 1. The van der Waals surface area contributed by atoms with Gasteiger partial charge in [0.05, 0.1) is 6.20 Å². The minimum atomic E-state index is 0.489. The fraction of sp³-hybridized carbons (Fsp3) is 0.583. The van der Waals surface area contributed by atoms with Gasteiger partial charge in [-0.25, -0.2) is 0 Å². The summed E-state index contributed by atoms with van der Waals surface area (Å²) in [7, 11) is 0. The normalized spacial score (nSPS) is 10.8. The van der Waals surface area contributed by atoms with Gasteiger partial charge in [0.2, 0.25) is 0 Å². The summed E-state index contributed by atoms with van der Waals surface area (Å²) in [5.74, 6) is 0.803. The zero-order valence-electron chi connectivity index (χ0n) is 10.1. The van der Waals surface area contributed by atoms with E-state index in [4.69, 9.17) is 10.5 Å². The van der Waals surface area contributed by atoms with Crippen molar-refractivity contribution >= 4 is 0 Å². The third-order valence-corrected chi connectivity index (χ3v) is 2.65. The van der Waals surface area contributed by atoms with E-state index in [0.29, 0.717) is 13.2 Å². The molecule has 2 N–H and O–H groups in total. The van der Waals surface area contributed by atoms with Gasteiger partial charge in [0.15, 0.2) is 0 Å². The van der Waals surface area contributed by atoms with Crippen molar-refractivity contribution in [1.82, 2.24) is 9.88 Å². The molecule has 1 heterocycles. The van der Waals surface area contributed by atoms with Gasteiger partial charge in [0.25, 0.3) is 0 Å². The molecule has 0 aliphatic rings. The maximum absolute atomic E-state index is 5.68. The largest absolute Gasteiger partial charge is 0.490 e. The Labute approximate surface area is 97.4 Å². The van der Waals surface area contributed by atoms with E-state index in [-0.39, 0.29) is 0 Å². The van der Waals surface area contributed by atoms with Crippen molar-refractivity contribution < 1.29 is 4.74 Å². The predicted molar refractivity (Wildman–Crippen MR) is 65.4 cm³/mol. The first-order valence-corrected chi connectivity index (χ1v) is 5.79. The lowest BCUT2D eigenvalue weighted by Crippen LogP contribution is -2.28. The molecule has 0 unspecified atom stereocenters. The lowest BCUT2D eigenvalue weighted by Gasteiger charge is -2.18. The van der Waals surface area contributed by atoms with Crippen LogP contribution in [0.5, 0.6) is 5.75 Å². The van der Waals surface area contributed by atoms with E-state index < -0.39 is 0 Å². The summed E-state index contributed by atoms with van der Waals surface area (Å²) in [5.41, 5.74) is 6.63. The Kier molecular flexibility index (Phi) is 5.82. The first-order chi connectivity index (χ1) is 7.81. The molecule has 0 amide bonds. The Bertz CT molecular complexity index is 300. The fourth-order valence-electron chi connectivity index (χ4n) is 1.53. The smallest absolute Gasteiger partial charge is 0.142 e. The Hall–Kier alpha value is -1.13. The van der Waals surface area contributed by atoms with E-state index in [2.05, 4.69) is 23.7 Å². The summed E-state index contributed by atoms with van der Waals surface area (Å²) in [6.45, 7) is 8.51. The van der Waals surface area contributed by atoms with E-state index in [1.807, 2.05) is 6.07 Å². The molecule has 1 aromatic rings. The summed E-state index contributed by atoms with van der Waals surface area (Å²) < 4.78 is 5.68. The van der Waals surface area contributed by atoms with Crippen LogP contribution in [-0.4, -0.2) is 36.1 Å². The highest BCUT2D eigenvalue weighted by atomic mass is 16.5. The highest BCUT2D eigenvalue weighted by Crippen LogP contribution is 2.15. The van der Waals surface area contributed by atoms with Gasteiger partial charge >= 0.3 is 0 Å². The van der Waals surface area contributed by atoms with Crippen LogP contribution in [0, 0.1) is 0 Å². The van der Waals surface area contributed by atoms with Crippen LogP contribution in [0.4, 0.5) is 0 Å². The Morgan fingerprint density at radius 3 is 2.75 bits per heavy atom. The lowest BCUT2D eigenvalue weighted by atomic mass is 10.2. The van der Waals surface area contributed by atoms with Crippen LogP contribution in [0.25, 0.3) is 0 Å². The molecule has 0 saturated heterocycles. The van der Waals surface area contributed by atoms with E-state index >= 15 is 0 Å².